The number of nitrogens with one attached hydrogen (secondary N) is 1. The molecule has 1 unspecified atom stereocenters. The van der Waals surface area contributed by atoms with Crippen molar-refractivity contribution in [2.75, 3.05) is 12.3 Å². The van der Waals surface area contributed by atoms with E-state index in [-0.39, 0.29) is 17.2 Å². The molecule has 0 aliphatic rings. The summed E-state index contributed by atoms with van der Waals surface area (Å²) in [6, 6.07) is 7.71. The summed E-state index contributed by atoms with van der Waals surface area (Å²) in [5, 5.41) is 12.8. The molecule has 0 aromatic heterocycles. The molecule has 1 aromatic rings. The summed E-state index contributed by atoms with van der Waals surface area (Å²) in [5.41, 5.74) is 2.00. The maximum absolute atomic E-state index is 11.7. The highest BCUT2D eigenvalue weighted by Crippen LogP contribution is 2.23. The van der Waals surface area contributed by atoms with Crippen molar-refractivity contribution >= 4 is 17.7 Å². The van der Waals surface area contributed by atoms with E-state index >= 15 is 0 Å². The van der Waals surface area contributed by atoms with Crippen LogP contribution in [0.2, 0.25) is 0 Å². The number of rotatable bonds is 7. The molecule has 118 valence electrons. The maximum atomic E-state index is 11.7. The first-order valence-electron chi connectivity index (χ1n) is 7.43. The molecule has 1 rings (SSSR count). The van der Waals surface area contributed by atoms with Gasteiger partial charge < -0.3 is 10.4 Å². The number of hydrogen-bond donors (Lipinski definition) is 2. The quantitative estimate of drug-likeness (QED) is 0.758. The number of benzene rings is 1. The first kappa shape index (κ1) is 18.1. The molecule has 0 saturated carbocycles. The van der Waals surface area contributed by atoms with Crippen LogP contribution in [0.4, 0.5) is 0 Å². The van der Waals surface area contributed by atoms with Crippen molar-refractivity contribution < 1.29 is 9.90 Å². The minimum Gasteiger partial charge on any atom is -0.387 e. The number of aryl methyl sites for hydroxylation is 1. The largest absolute Gasteiger partial charge is 0.387 e. The number of amides is 1. The number of hydrogen-bond acceptors (Lipinski definition) is 3. The van der Waals surface area contributed by atoms with E-state index in [1.807, 2.05) is 43.0 Å². The molecule has 0 fully saturated rings. The van der Waals surface area contributed by atoms with Gasteiger partial charge in [-0.15, -0.1) is 0 Å². The van der Waals surface area contributed by atoms with Gasteiger partial charge in [0.25, 0.3) is 0 Å². The Morgan fingerprint density at radius 2 is 1.90 bits per heavy atom. The lowest BCUT2D eigenvalue weighted by atomic mass is 10.1. The molecule has 0 bridgehead atoms. The lowest BCUT2D eigenvalue weighted by Gasteiger charge is -2.17. The molecule has 1 amide bonds. The van der Waals surface area contributed by atoms with Crippen LogP contribution in [0.25, 0.3) is 0 Å². The van der Waals surface area contributed by atoms with Gasteiger partial charge in [-0.2, -0.15) is 11.8 Å². The van der Waals surface area contributed by atoms with Crippen LogP contribution >= 0.6 is 11.8 Å². The van der Waals surface area contributed by atoms with Crippen LogP contribution in [0, 0.1) is 6.92 Å². The first-order chi connectivity index (χ1) is 9.78. The monoisotopic (exact) mass is 309 g/mol. The summed E-state index contributed by atoms with van der Waals surface area (Å²) in [7, 11) is 0. The SMILES string of the molecule is Cc1ccc(C(O)CNC(=O)CCCSC(C)(C)C)cc1. The molecule has 0 aliphatic carbocycles. The van der Waals surface area contributed by atoms with Crippen LogP contribution in [0.1, 0.15) is 50.8 Å². The normalized spacial score (nSPS) is 13.0. The molecule has 3 nitrogen and oxygen atoms in total. The third kappa shape index (κ3) is 8.12. The maximum Gasteiger partial charge on any atom is 0.220 e. The molecule has 1 atom stereocenters. The van der Waals surface area contributed by atoms with Crippen molar-refractivity contribution in [2.24, 2.45) is 0 Å². The fourth-order valence-electron chi connectivity index (χ4n) is 1.82. The zero-order chi connectivity index (χ0) is 15.9. The Labute approximate surface area is 132 Å². The standard InChI is InChI=1S/C17H27NO2S/c1-13-7-9-14(10-8-13)15(19)12-18-16(20)6-5-11-21-17(2,3)4/h7-10,15,19H,5-6,11-12H2,1-4H3,(H,18,20). The lowest BCUT2D eigenvalue weighted by molar-refractivity contribution is -0.121. The average Bonchev–Trinajstić information content (AvgIpc) is 2.41. The highest BCUT2D eigenvalue weighted by Gasteiger charge is 2.11. The summed E-state index contributed by atoms with van der Waals surface area (Å²) in [6.45, 7) is 8.81. The van der Waals surface area contributed by atoms with Gasteiger partial charge in [0.2, 0.25) is 5.91 Å². The second-order valence-corrected chi connectivity index (χ2v) is 8.22. The van der Waals surface area contributed by atoms with Gasteiger partial charge in [0.1, 0.15) is 0 Å². The molecule has 0 saturated heterocycles. The van der Waals surface area contributed by atoms with Crippen LogP contribution in [0.15, 0.2) is 24.3 Å². The second-order valence-electron chi connectivity index (χ2n) is 6.29. The van der Waals surface area contributed by atoms with Gasteiger partial charge in [-0.05, 0) is 24.7 Å². The molecular weight excluding hydrogens is 282 g/mol. The van der Waals surface area contributed by atoms with Gasteiger partial charge >= 0.3 is 0 Å². The molecule has 21 heavy (non-hydrogen) atoms. The number of carbonyl (C=O) groups is 1. The van der Waals surface area contributed by atoms with Gasteiger partial charge in [-0.1, -0.05) is 50.6 Å². The average molecular weight is 309 g/mol. The van der Waals surface area contributed by atoms with E-state index in [4.69, 9.17) is 0 Å². The Balaban J connectivity index is 2.22. The second kappa shape index (κ2) is 8.44. The molecule has 0 aliphatic heterocycles. The van der Waals surface area contributed by atoms with Crippen LogP contribution in [0.3, 0.4) is 0 Å². The Bertz CT molecular complexity index is 437. The zero-order valence-electron chi connectivity index (χ0n) is 13.5. The predicted octanol–water partition coefficient (Wildman–Crippen LogP) is 3.46. The summed E-state index contributed by atoms with van der Waals surface area (Å²) < 4.78 is 0.248. The number of thioether (sulfide) groups is 1. The minimum absolute atomic E-state index is 0.00988. The molecular formula is C17H27NO2S. The van der Waals surface area contributed by atoms with E-state index in [1.165, 1.54) is 0 Å². The topological polar surface area (TPSA) is 49.3 Å². The summed E-state index contributed by atoms with van der Waals surface area (Å²) >= 11 is 1.87. The predicted molar refractivity (Wildman–Crippen MR) is 90.6 cm³/mol. The summed E-state index contributed by atoms with van der Waals surface area (Å²) in [5.74, 6) is 0.993. The van der Waals surface area contributed by atoms with Gasteiger partial charge in [0, 0.05) is 17.7 Å². The molecule has 0 spiro atoms. The fraction of sp³-hybridized carbons (Fsp3) is 0.588. The third-order valence-electron chi connectivity index (χ3n) is 3.04. The van der Waals surface area contributed by atoms with E-state index in [1.54, 1.807) is 0 Å². The molecule has 1 aromatic carbocycles. The van der Waals surface area contributed by atoms with Crippen molar-refractivity contribution in [1.29, 1.82) is 0 Å². The Hall–Kier alpha value is -1.00. The number of carbonyl (C=O) groups excluding carboxylic acids is 1. The van der Waals surface area contributed by atoms with E-state index in [2.05, 4.69) is 26.1 Å². The van der Waals surface area contributed by atoms with Crippen molar-refractivity contribution in [1.82, 2.24) is 5.32 Å². The first-order valence-corrected chi connectivity index (χ1v) is 8.42. The Morgan fingerprint density at radius 3 is 2.48 bits per heavy atom. The Kier molecular flexibility index (Phi) is 7.26. The van der Waals surface area contributed by atoms with Crippen LogP contribution in [-0.4, -0.2) is 28.1 Å². The van der Waals surface area contributed by atoms with Crippen molar-refractivity contribution in [3.8, 4) is 0 Å². The van der Waals surface area contributed by atoms with E-state index in [0.717, 1.165) is 23.3 Å². The smallest absolute Gasteiger partial charge is 0.220 e. The summed E-state index contributed by atoms with van der Waals surface area (Å²) in [6.07, 6.45) is 0.747. The van der Waals surface area contributed by atoms with Gasteiger partial charge in [0.05, 0.1) is 6.10 Å². The third-order valence-corrected chi connectivity index (χ3v) is 4.40. The van der Waals surface area contributed by atoms with Gasteiger partial charge in [-0.25, -0.2) is 0 Å². The molecule has 2 N–H and O–H groups in total. The number of aliphatic hydroxyl groups is 1. The molecule has 0 radical (unpaired) electrons. The Morgan fingerprint density at radius 1 is 1.29 bits per heavy atom. The fourth-order valence-corrected chi connectivity index (χ4v) is 2.72. The van der Waals surface area contributed by atoms with Crippen molar-refractivity contribution in [3.05, 3.63) is 35.4 Å². The van der Waals surface area contributed by atoms with Crippen molar-refractivity contribution in [3.63, 3.8) is 0 Å². The summed E-state index contributed by atoms with van der Waals surface area (Å²) in [4.78, 5) is 11.7. The van der Waals surface area contributed by atoms with Crippen LogP contribution < -0.4 is 5.32 Å². The van der Waals surface area contributed by atoms with E-state index < -0.39 is 6.10 Å². The van der Waals surface area contributed by atoms with E-state index in [0.29, 0.717) is 6.42 Å². The van der Waals surface area contributed by atoms with Crippen LogP contribution in [0.5, 0.6) is 0 Å². The van der Waals surface area contributed by atoms with Crippen molar-refractivity contribution in [2.45, 2.75) is 51.4 Å². The van der Waals surface area contributed by atoms with E-state index in [9.17, 15) is 9.90 Å². The highest BCUT2D eigenvalue weighted by molar-refractivity contribution is 8.00. The lowest BCUT2D eigenvalue weighted by Crippen LogP contribution is -2.28. The minimum atomic E-state index is -0.640. The van der Waals surface area contributed by atoms with Gasteiger partial charge in [0.15, 0.2) is 0 Å². The van der Waals surface area contributed by atoms with Crippen LogP contribution in [-0.2, 0) is 4.79 Å². The molecule has 0 heterocycles. The van der Waals surface area contributed by atoms with Gasteiger partial charge in [-0.3, -0.25) is 4.79 Å². The zero-order valence-corrected chi connectivity index (χ0v) is 14.3. The highest BCUT2D eigenvalue weighted by atomic mass is 32.2. The number of aliphatic hydroxyl groups excluding tert-OH is 1. The molecule has 4 heteroatoms.